The van der Waals surface area contributed by atoms with Crippen molar-refractivity contribution in [2.45, 2.75) is 79.1 Å². The molecular formula is C20H32N2O4. The van der Waals surface area contributed by atoms with E-state index in [2.05, 4.69) is 26.2 Å². The van der Waals surface area contributed by atoms with Gasteiger partial charge in [0.15, 0.2) is 0 Å². The summed E-state index contributed by atoms with van der Waals surface area (Å²) in [5.41, 5.74) is 4.60. The van der Waals surface area contributed by atoms with Gasteiger partial charge in [0, 0.05) is 0 Å². The van der Waals surface area contributed by atoms with Crippen LogP contribution in [0.1, 0.15) is 72.6 Å². The fourth-order valence-electron chi connectivity index (χ4n) is 2.31. The van der Waals surface area contributed by atoms with Crippen molar-refractivity contribution < 1.29 is 19.1 Å². The lowest BCUT2D eigenvalue weighted by Gasteiger charge is -2.30. The summed E-state index contributed by atoms with van der Waals surface area (Å²) in [6, 6.07) is 7.55. The summed E-state index contributed by atoms with van der Waals surface area (Å²) >= 11 is 0. The number of hydrogen-bond donors (Lipinski definition) is 1. The van der Waals surface area contributed by atoms with E-state index in [1.165, 1.54) is 5.56 Å². The van der Waals surface area contributed by atoms with Gasteiger partial charge in [-0.1, -0.05) is 45.0 Å². The molecule has 0 aromatic heterocycles. The first-order valence-corrected chi connectivity index (χ1v) is 8.99. The molecule has 1 aromatic rings. The van der Waals surface area contributed by atoms with Crippen molar-refractivity contribution in [3.05, 3.63) is 35.4 Å². The summed E-state index contributed by atoms with van der Waals surface area (Å²) in [5.74, 6) is 0. The summed E-state index contributed by atoms with van der Waals surface area (Å²) in [6.45, 7) is 15.2. The third-order valence-corrected chi connectivity index (χ3v) is 3.73. The van der Waals surface area contributed by atoms with Gasteiger partial charge in [-0.3, -0.25) is 0 Å². The Hall–Kier alpha value is -2.24. The maximum absolute atomic E-state index is 12.4. The molecule has 0 spiro atoms. The Kier molecular flexibility index (Phi) is 7.48. The molecule has 0 aliphatic rings. The molecule has 0 saturated carbocycles. The molecular weight excluding hydrogens is 332 g/mol. The number of ether oxygens (including phenoxy) is 2. The molecule has 0 aliphatic heterocycles. The smallest absolute Gasteiger partial charge is 0.429 e. The third kappa shape index (κ3) is 6.58. The van der Waals surface area contributed by atoms with E-state index < -0.39 is 18.2 Å². The molecule has 1 atom stereocenters. The van der Waals surface area contributed by atoms with Crippen LogP contribution in [0.5, 0.6) is 0 Å². The minimum Gasteiger partial charge on any atom is -0.446 e. The van der Waals surface area contributed by atoms with Crippen LogP contribution in [0, 0.1) is 0 Å². The quantitative estimate of drug-likeness (QED) is 0.768. The minimum atomic E-state index is -0.695. The number of hydrazine groups is 1. The summed E-state index contributed by atoms with van der Waals surface area (Å²) in [4.78, 5) is 24.4. The summed E-state index contributed by atoms with van der Waals surface area (Å²) in [6.07, 6.45) is -1.92. The standard InChI is InChI=1S/C20H32N2O4/c1-13(2)25-18(23)21-22(19(24)26-14(3)4)15(5)16-9-11-17(12-10-16)20(6,7)8/h9-15H,1-8H3,(H,21,23). The van der Waals surface area contributed by atoms with Crippen LogP contribution in [-0.2, 0) is 14.9 Å². The highest BCUT2D eigenvalue weighted by Gasteiger charge is 2.27. The van der Waals surface area contributed by atoms with Gasteiger partial charge in [-0.2, -0.15) is 0 Å². The van der Waals surface area contributed by atoms with Crippen LogP contribution in [0.4, 0.5) is 9.59 Å². The van der Waals surface area contributed by atoms with Crippen molar-refractivity contribution in [1.29, 1.82) is 0 Å². The second-order valence-electron chi connectivity index (χ2n) is 7.92. The third-order valence-electron chi connectivity index (χ3n) is 3.73. The molecule has 1 rings (SSSR count). The summed E-state index contributed by atoms with van der Waals surface area (Å²) in [5, 5.41) is 1.16. The maximum atomic E-state index is 12.4. The van der Waals surface area contributed by atoms with Gasteiger partial charge in [0.2, 0.25) is 0 Å². The van der Waals surface area contributed by atoms with E-state index in [0.29, 0.717) is 0 Å². The SMILES string of the molecule is CC(C)OC(=O)NN(C(=O)OC(C)C)C(C)c1ccc(C(C)(C)C)cc1. The van der Waals surface area contributed by atoms with Crippen LogP contribution in [0.15, 0.2) is 24.3 Å². The van der Waals surface area contributed by atoms with Crippen molar-refractivity contribution in [3.8, 4) is 0 Å². The second-order valence-corrected chi connectivity index (χ2v) is 7.92. The van der Waals surface area contributed by atoms with Crippen molar-refractivity contribution >= 4 is 12.2 Å². The predicted molar refractivity (Wildman–Crippen MR) is 102 cm³/mol. The van der Waals surface area contributed by atoms with Crippen molar-refractivity contribution in [1.82, 2.24) is 10.4 Å². The molecule has 6 nitrogen and oxygen atoms in total. The van der Waals surface area contributed by atoms with Gasteiger partial charge in [0.1, 0.15) is 0 Å². The Bertz CT molecular complexity index is 603. The Morgan fingerprint density at radius 2 is 1.42 bits per heavy atom. The lowest BCUT2D eigenvalue weighted by molar-refractivity contribution is 0.0337. The molecule has 0 radical (unpaired) electrons. The highest BCUT2D eigenvalue weighted by Crippen LogP contribution is 2.26. The fraction of sp³-hybridized carbons (Fsp3) is 0.600. The normalized spacial score (nSPS) is 12.7. The van der Waals surface area contributed by atoms with Crippen molar-refractivity contribution in [3.63, 3.8) is 0 Å². The molecule has 0 saturated heterocycles. The van der Waals surface area contributed by atoms with Crippen molar-refractivity contribution in [2.75, 3.05) is 0 Å². The zero-order valence-electron chi connectivity index (χ0n) is 17.1. The molecule has 26 heavy (non-hydrogen) atoms. The molecule has 0 fully saturated rings. The molecule has 0 aliphatic carbocycles. The molecule has 2 amide bonds. The van der Waals surface area contributed by atoms with E-state index >= 15 is 0 Å². The first-order valence-electron chi connectivity index (χ1n) is 8.99. The molecule has 6 heteroatoms. The maximum Gasteiger partial charge on any atom is 0.429 e. The number of nitrogens with zero attached hydrogens (tertiary/aromatic N) is 1. The van der Waals surface area contributed by atoms with E-state index in [4.69, 9.17) is 9.47 Å². The van der Waals surface area contributed by atoms with Crippen LogP contribution in [0.3, 0.4) is 0 Å². The number of nitrogens with one attached hydrogen (secondary N) is 1. The topological polar surface area (TPSA) is 67.9 Å². The van der Waals surface area contributed by atoms with Gasteiger partial charge in [-0.25, -0.2) is 20.0 Å². The van der Waals surface area contributed by atoms with Gasteiger partial charge >= 0.3 is 12.2 Å². The van der Waals surface area contributed by atoms with Crippen LogP contribution < -0.4 is 5.43 Å². The lowest BCUT2D eigenvalue weighted by Crippen LogP contribution is -2.48. The van der Waals surface area contributed by atoms with E-state index in [1.807, 2.05) is 31.2 Å². The number of carbonyl (C=O) groups is 2. The number of hydrogen-bond acceptors (Lipinski definition) is 4. The highest BCUT2D eigenvalue weighted by atomic mass is 16.6. The zero-order valence-corrected chi connectivity index (χ0v) is 17.1. The van der Waals surface area contributed by atoms with E-state index in [9.17, 15) is 9.59 Å². The molecule has 1 aromatic carbocycles. The monoisotopic (exact) mass is 364 g/mol. The van der Waals surface area contributed by atoms with Crippen LogP contribution in [0.25, 0.3) is 0 Å². The Morgan fingerprint density at radius 1 is 0.923 bits per heavy atom. The number of carbonyl (C=O) groups excluding carboxylic acids is 2. The van der Waals surface area contributed by atoms with E-state index in [1.54, 1.807) is 27.7 Å². The molecule has 1 unspecified atom stereocenters. The van der Waals surface area contributed by atoms with Gasteiger partial charge < -0.3 is 9.47 Å². The summed E-state index contributed by atoms with van der Waals surface area (Å²) < 4.78 is 10.3. The van der Waals surface area contributed by atoms with E-state index in [-0.39, 0.29) is 17.6 Å². The van der Waals surface area contributed by atoms with Gasteiger partial charge in [0.05, 0.1) is 18.2 Å². The number of rotatable bonds is 4. The molecule has 146 valence electrons. The van der Waals surface area contributed by atoms with Crippen LogP contribution in [-0.4, -0.2) is 29.4 Å². The predicted octanol–water partition coefficient (Wildman–Crippen LogP) is 4.94. The zero-order chi connectivity index (χ0) is 20.1. The van der Waals surface area contributed by atoms with Gasteiger partial charge in [-0.15, -0.1) is 0 Å². The Balaban J connectivity index is 3.03. The first-order chi connectivity index (χ1) is 11.9. The Morgan fingerprint density at radius 3 is 1.85 bits per heavy atom. The van der Waals surface area contributed by atoms with E-state index in [0.717, 1.165) is 10.6 Å². The van der Waals surface area contributed by atoms with Crippen LogP contribution in [0.2, 0.25) is 0 Å². The molecule has 1 N–H and O–H groups in total. The Labute approximate surface area is 156 Å². The minimum absolute atomic E-state index is 0.0390. The lowest BCUT2D eigenvalue weighted by atomic mass is 9.86. The van der Waals surface area contributed by atoms with Crippen LogP contribution >= 0.6 is 0 Å². The number of benzene rings is 1. The molecule has 0 bridgehead atoms. The second kappa shape index (κ2) is 8.92. The largest absolute Gasteiger partial charge is 0.446 e. The van der Waals surface area contributed by atoms with Crippen molar-refractivity contribution in [2.24, 2.45) is 0 Å². The van der Waals surface area contributed by atoms with Gasteiger partial charge in [0.25, 0.3) is 0 Å². The fourth-order valence-corrected chi connectivity index (χ4v) is 2.31. The first kappa shape index (κ1) is 21.8. The highest BCUT2D eigenvalue weighted by molar-refractivity contribution is 5.74. The average molecular weight is 364 g/mol. The average Bonchev–Trinajstić information content (AvgIpc) is 2.49. The number of amides is 2. The summed E-state index contributed by atoms with van der Waals surface area (Å²) in [7, 11) is 0. The van der Waals surface area contributed by atoms with Gasteiger partial charge in [-0.05, 0) is 51.2 Å². The molecule has 0 heterocycles.